The molecule has 0 aromatic heterocycles. The van der Waals surface area contributed by atoms with Crippen LogP contribution in [0.4, 0.5) is 0 Å². The summed E-state index contributed by atoms with van der Waals surface area (Å²) >= 11 is 0. The highest BCUT2D eigenvalue weighted by Gasteiger charge is 2.09. The predicted octanol–water partition coefficient (Wildman–Crippen LogP) is 3.20. The second-order valence-electron chi connectivity index (χ2n) is 4.79. The van der Waals surface area contributed by atoms with Crippen LogP contribution in [0.2, 0.25) is 0 Å². The number of hydrogen-bond donors (Lipinski definition) is 0. The smallest absolute Gasteiger partial charge is 0.305 e. The molecular weight excluding hydrogens is 228 g/mol. The molecule has 0 spiro atoms. The third-order valence-corrected chi connectivity index (χ3v) is 2.82. The molecule has 0 unspecified atom stereocenters. The molecule has 0 atom stereocenters. The van der Waals surface area contributed by atoms with Gasteiger partial charge in [0.2, 0.25) is 0 Å². The van der Waals surface area contributed by atoms with Crippen molar-refractivity contribution in [3.63, 3.8) is 0 Å². The minimum Gasteiger partial charge on any atom is -0.491 e. The quantitative estimate of drug-likeness (QED) is 0.753. The highest BCUT2D eigenvalue weighted by atomic mass is 16.5. The topological polar surface area (TPSA) is 35.5 Å². The zero-order chi connectivity index (χ0) is 13.7. The fraction of sp³-hybridized carbons (Fsp3) is 0.533. The van der Waals surface area contributed by atoms with E-state index < -0.39 is 0 Å². The third kappa shape index (κ3) is 4.06. The van der Waals surface area contributed by atoms with E-state index >= 15 is 0 Å². The molecule has 18 heavy (non-hydrogen) atoms. The number of rotatable bonds is 5. The Hall–Kier alpha value is -1.51. The van der Waals surface area contributed by atoms with Gasteiger partial charge in [0.05, 0.1) is 13.2 Å². The van der Waals surface area contributed by atoms with Gasteiger partial charge in [0.15, 0.2) is 0 Å². The average Bonchev–Trinajstić information content (AvgIpc) is 2.30. The summed E-state index contributed by atoms with van der Waals surface area (Å²) in [7, 11) is 1.42. The second kappa shape index (κ2) is 6.43. The van der Waals surface area contributed by atoms with Crippen molar-refractivity contribution >= 4 is 5.97 Å². The van der Waals surface area contributed by atoms with Gasteiger partial charge in [-0.05, 0) is 56.9 Å². The maximum atomic E-state index is 11.1. The minimum atomic E-state index is -0.172. The summed E-state index contributed by atoms with van der Waals surface area (Å²) in [6.07, 6.45) is 1.30. The van der Waals surface area contributed by atoms with Crippen molar-refractivity contribution in [1.29, 1.82) is 0 Å². The van der Waals surface area contributed by atoms with Crippen molar-refractivity contribution in [2.24, 2.45) is 0 Å². The van der Waals surface area contributed by atoms with Crippen LogP contribution >= 0.6 is 0 Å². The lowest BCUT2D eigenvalue weighted by Gasteiger charge is -2.15. The molecule has 0 N–H and O–H groups in total. The summed E-state index contributed by atoms with van der Waals surface area (Å²) < 4.78 is 10.4. The number of aryl methyl sites for hydroxylation is 3. The Balaban J connectivity index is 2.82. The molecule has 0 heterocycles. The van der Waals surface area contributed by atoms with Gasteiger partial charge in [0.25, 0.3) is 0 Å². The lowest BCUT2D eigenvalue weighted by atomic mass is 10.0. The molecular formula is C15H22O3. The molecule has 0 fully saturated rings. The van der Waals surface area contributed by atoms with Gasteiger partial charge in [0.1, 0.15) is 5.75 Å². The van der Waals surface area contributed by atoms with Crippen LogP contribution in [-0.2, 0) is 16.0 Å². The molecule has 0 aliphatic carbocycles. The molecule has 0 radical (unpaired) electrons. The zero-order valence-electron chi connectivity index (χ0n) is 11.9. The first kappa shape index (κ1) is 14.6. The van der Waals surface area contributed by atoms with Gasteiger partial charge >= 0.3 is 5.97 Å². The Morgan fingerprint density at radius 3 is 2.44 bits per heavy atom. The molecule has 0 aliphatic rings. The summed E-state index contributed by atoms with van der Waals surface area (Å²) in [5, 5.41) is 0. The van der Waals surface area contributed by atoms with Crippen LogP contribution < -0.4 is 4.74 Å². The molecule has 3 nitrogen and oxygen atoms in total. The van der Waals surface area contributed by atoms with Gasteiger partial charge in [-0.2, -0.15) is 0 Å². The summed E-state index contributed by atoms with van der Waals surface area (Å²) in [5.41, 5.74) is 3.43. The Bertz CT molecular complexity index is 422. The third-order valence-electron chi connectivity index (χ3n) is 2.82. The van der Waals surface area contributed by atoms with Crippen LogP contribution in [0.15, 0.2) is 12.1 Å². The maximum Gasteiger partial charge on any atom is 0.305 e. The Labute approximate surface area is 109 Å². The monoisotopic (exact) mass is 250 g/mol. The number of carbonyl (C=O) groups is 1. The lowest BCUT2D eigenvalue weighted by molar-refractivity contribution is -0.140. The number of ether oxygens (including phenoxy) is 2. The van der Waals surface area contributed by atoms with Gasteiger partial charge in [-0.3, -0.25) is 4.79 Å². The molecule has 1 aromatic rings. The van der Waals surface area contributed by atoms with Crippen molar-refractivity contribution in [3.8, 4) is 5.75 Å². The van der Waals surface area contributed by atoms with E-state index in [9.17, 15) is 4.79 Å². The molecule has 1 rings (SSSR count). The van der Waals surface area contributed by atoms with E-state index in [0.29, 0.717) is 12.8 Å². The van der Waals surface area contributed by atoms with Gasteiger partial charge < -0.3 is 9.47 Å². The number of benzene rings is 1. The minimum absolute atomic E-state index is 0.170. The first-order chi connectivity index (χ1) is 8.43. The largest absolute Gasteiger partial charge is 0.491 e. The van der Waals surface area contributed by atoms with Crippen molar-refractivity contribution in [1.82, 2.24) is 0 Å². The van der Waals surface area contributed by atoms with E-state index in [-0.39, 0.29) is 12.1 Å². The van der Waals surface area contributed by atoms with Crippen molar-refractivity contribution in [2.75, 3.05) is 7.11 Å². The SMILES string of the molecule is COC(=O)CCc1cc(C)c(OC(C)C)cc1C. The van der Waals surface area contributed by atoms with Crippen LogP contribution in [0, 0.1) is 13.8 Å². The molecule has 0 saturated heterocycles. The van der Waals surface area contributed by atoms with E-state index in [4.69, 9.17) is 4.74 Å². The summed E-state index contributed by atoms with van der Waals surface area (Å²) in [6, 6.07) is 4.14. The summed E-state index contributed by atoms with van der Waals surface area (Å²) in [4.78, 5) is 11.1. The lowest BCUT2D eigenvalue weighted by Crippen LogP contribution is -2.08. The molecule has 1 aromatic carbocycles. The number of carbonyl (C=O) groups excluding carboxylic acids is 1. The molecule has 3 heteroatoms. The molecule has 0 aliphatic heterocycles. The Morgan fingerprint density at radius 1 is 1.22 bits per heavy atom. The molecule has 0 bridgehead atoms. The molecule has 0 amide bonds. The van der Waals surface area contributed by atoms with E-state index in [1.807, 2.05) is 33.8 Å². The van der Waals surface area contributed by atoms with Crippen LogP contribution in [0.1, 0.15) is 37.0 Å². The summed E-state index contributed by atoms with van der Waals surface area (Å²) in [5.74, 6) is 0.749. The number of hydrogen-bond acceptors (Lipinski definition) is 3. The number of methoxy groups -OCH3 is 1. The van der Waals surface area contributed by atoms with Gasteiger partial charge in [-0.1, -0.05) is 6.07 Å². The standard InChI is InChI=1S/C15H22O3/c1-10(2)18-14-9-11(3)13(8-12(14)4)6-7-15(16)17-5/h8-10H,6-7H2,1-5H3. The highest BCUT2D eigenvalue weighted by molar-refractivity contribution is 5.69. The second-order valence-corrected chi connectivity index (χ2v) is 4.79. The molecule has 0 saturated carbocycles. The average molecular weight is 250 g/mol. The van der Waals surface area contributed by atoms with Crippen molar-refractivity contribution in [2.45, 2.75) is 46.6 Å². The Kier molecular flexibility index (Phi) is 5.20. The van der Waals surface area contributed by atoms with E-state index in [1.54, 1.807) is 0 Å². The fourth-order valence-electron chi connectivity index (χ4n) is 1.84. The molecule has 100 valence electrons. The van der Waals surface area contributed by atoms with Gasteiger partial charge in [-0.25, -0.2) is 0 Å². The van der Waals surface area contributed by atoms with Gasteiger partial charge in [-0.15, -0.1) is 0 Å². The maximum absolute atomic E-state index is 11.1. The van der Waals surface area contributed by atoms with Crippen LogP contribution in [-0.4, -0.2) is 19.2 Å². The zero-order valence-corrected chi connectivity index (χ0v) is 11.9. The van der Waals surface area contributed by atoms with Crippen LogP contribution in [0.25, 0.3) is 0 Å². The van der Waals surface area contributed by atoms with Gasteiger partial charge in [0, 0.05) is 6.42 Å². The highest BCUT2D eigenvalue weighted by Crippen LogP contribution is 2.24. The Morgan fingerprint density at radius 2 is 1.89 bits per heavy atom. The van der Waals surface area contributed by atoms with E-state index in [0.717, 1.165) is 16.9 Å². The predicted molar refractivity (Wildman–Crippen MR) is 72.0 cm³/mol. The first-order valence-corrected chi connectivity index (χ1v) is 6.27. The van der Waals surface area contributed by atoms with E-state index in [2.05, 4.69) is 10.8 Å². The summed E-state index contributed by atoms with van der Waals surface area (Å²) in [6.45, 7) is 8.10. The van der Waals surface area contributed by atoms with Crippen molar-refractivity contribution < 1.29 is 14.3 Å². The fourth-order valence-corrected chi connectivity index (χ4v) is 1.84. The normalized spacial score (nSPS) is 10.6. The van der Waals surface area contributed by atoms with Crippen LogP contribution in [0.3, 0.4) is 0 Å². The number of esters is 1. The first-order valence-electron chi connectivity index (χ1n) is 6.27. The van der Waals surface area contributed by atoms with E-state index in [1.165, 1.54) is 12.7 Å². The van der Waals surface area contributed by atoms with Crippen molar-refractivity contribution in [3.05, 3.63) is 28.8 Å². The van der Waals surface area contributed by atoms with Crippen LogP contribution in [0.5, 0.6) is 5.75 Å².